The van der Waals surface area contributed by atoms with E-state index in [0.717, 1.165) is 0 Å². The molecule has 2 unspecified atom stereocenters. The fourth-order valence-electron chi connectivity index (χ4n) is 3.75. The highest BCUT2D eigenvalue weighted by molar-refractivity contribution is 5.87. The summed E-state index contributed by atoms with van der Waals surface area (Å²) in [4.78, 5) is 11.5. The van der Waals surface area contributed by atoms with Crippen molar-refractivity contribution in [3.63, 3.8) is 0 Å². The van der Waals surface area contributed by atoms with Crippen LogP contribution in [0, 0.1) is 10.8 Å². The lowest BCUT2D eigenvalue weighted by atomic mass is 9.36. The first-order valence-corrected chi connectivity index (χ1v) is 6.40. The SMILES string of the molecule is C=C(C)C(=O)OCC1=C(C)C2(C)C(C)=C(C)C12C. The molecule has 2 aliphatic rings. The van der Waals surface area contributed by atoms with Gasteiger partial charge in [0.05, 0.1) is 0 Å². The van der Waals surface area contributed by atoms with Crippen molar-refractivity contribution in [2.24, 2.45) is 10.8 Å². The normalized spacial score (nSPS) is 33.7. The summed E-state index contributed by atoms with van der Waals surface area (Å²) in [5.74, 6) is -0.301. The quantitative estimate of drug-likeness (QED) is 0.430. The van der Waals surface area contributed by atoms with Gasteiger partial charge in [-0.2, -0.15) is 0 Å². The molecule has 0 radical (unpaired) electrons. The summed E-state index contributed by atoms with van der Waals surface area (Å²) in [7, 11) is 0. The maximum Gasteiger partial charge on any atom is 0.333 e. The Morgan fingerprint density at radius 2 is 1.61 bits per heavy atom. The molecule has 0 fully saturated rings. The van der Waals surface area contributed by atoms with E-state index in [1.165, 1.54) is 22.3 Å². The highest BCUT2D eigenvalue weighted by Gasteiger charge is 2.65. The van der Waals surface area contributed by atoms with Crippen molar-refractivity contribution in [2.45, 2.75) is 41.5 Å². The first-order chi connectivity index (χ1) is 8.19. The van der Waals surface area contributed by atoms with E-state index in [2.05, 4.69) is 41.2 Å². The minimum absolute atomic E-state index is 0.0938. The Hall–Kier alpha value is -1.31. The first kappa shape index (κ1) is 13.1. The van der Waals surface area contributed by atoms with Crippen molar-refractivity contribution in [1.29, 1.82) is 0 Å². The van der Waals surface area contributed by atoms with Crippen LogP contribution < -0.4 is 0 Å². The van der Waals surface area contributed by atoms with Crippen molar-refractivity contribution in [3.8, 4) is 0 Å². The van der Waals surface area contributed by atoms with Gasteiger partial charge in [0.15, 0.2) is 0 Å². The smallest absolute Gasteiger partial charge is 0.333 e. The molecule has 0 saturated carbocycles. The number of allylic oxidation sites excluding steroid dienone is 3. The lowest BCUT2D eigenvalue weighted by Crippen LogP contribution is -2.59. The van der Waals surface area contributed by atoms with Crippen molar-refractivity contribution in [3.05, 3.63) is 34.4 Å². The molecule has 2 nitrogen and oxygen atoms in total. The zero-order chi connectivity index (χ0) is 13.9. The van der Waals surface area contributed by atoms with Crippen LogP contribution in [0.25, 0.3) is 0 Å². The molecule has 0 heterocycles. The van der Waals surface area contributed by atoms with Crippen LogP contribution in [0.5, 0.6) is 0 Å². The van der Waals surface area contributed by atoms with Gasteiger partial charge in [0.1, 0.15) is 6.61 Å². The van der Waals surface area contributed by atoms with Crippen LogP contribution in [-0.2, 0) is 9.53 Å². The van der Waals surface area contributed by atoms with Gasteiger partial charge in [-0.15, -0.1) is 0 Å². The van der Waals surface area contributed by atoms with Gasteiger partial charge in [-0.25, -0.2) is 4.79 Å². The highest BCUT2D eigenvalue weighted by atomic mass is 16.5. The molecule has 0 aromatic carbocycles. The molecule has 2 rings (SSSR count). The first-order valence-electron chi connectivity index (χ1n) is 6.40. The average molecular weight is 246 g/mol. The molecular formula is C16H22O2. The number of fused-ring (bicyclic) bond motifs is 1. The minimum Gasteiger partial charge on any atom is -0.458 e. The third-order valence-corrected chi connectivity index (χ3v) is 5.56. The van der Waals surface area contributed by atoms with Crippen molar-refractivity contribution in [1.82, 2.24) is 0 Å². The molecule has 0 bridgehead atoms. The molecule has 0 aliphatic heterocycles. The van der Waals surface area contributed by atoms with Crippen LogP contribution >= 0.6 is 0 Å². The van der Waals surface area contributed by atoms with Gasteiger partial charge in [-0.1, -0.05) is 37.1 Å². The Labute approximate surface area is 109 Å². The molecule has 2 atom stereocenters. The molecule has 2 aliphatic carbocycles. The molecule has 0 aromatic heterocycles. The second kappa shape index (κ2) is 3.59. The fourth-order valence-corrected chi connectivity index (χ4v) is 3.75. The number of carbonyl (C=O) groups is 1. The highest BCUT2D eigenvalue weighted by Crippen LogP contribution is 2.74. The topological polar surface area (TPSA) is 26.3 Å². The molecule has 2 heteroatoms. The monoisotopic (exact) mass is 246 g/mol. The van der Waals surface area contributed by atoms with Gasteiger partial charge in [0.25, 0.3) is 0 Å². The zero-order valence-corrected chi connectivity index (χ0v) is 12.2. The predicted octanol–water partition coefficient (Wildman–Crippen LogP) is 3.80. The van der Waals surface area contributed by atoms with E-state index in [9.17, 15) is 4.79 Å². The maximum absolute atomic E-state index is 11.5. The van der Waals surface area contributed by atoms with E-state index in [1.807, 2.05) is 0 Å². The molecular weight excluding hydrogens is 224 g/mol. The van der Waals surface area contributed by atoms with E-state index in [-0.39, 0.29) is 16.8 Å². The van der Waals surface area contributed by atoms with Crippen molar-refractivity contribution < 1.29 is 9.53 Å². The van der Waals surface area contributed by atoms with E-state index < -0.39 is 0 Å². The summed E-state index contributed by atoms with van der Waals surface area (Å²) < 4.78 is 5.31. The number of carbonyl (C=O) groups excluding carboxylic acids is 1. The summed E-state index contributed by atoms with van der Waals surface area (Å²) in [6.45, 7) is 16.8. The number of ether oxygens (including phenoxy) is 1. The van der Waals surface area contributed by atoms with Crippen LogP contribution in [0.3, 0.4) is 0 Å². The van der Waals surface area contributed by atoms with E-state index in [4.69, 9.17) is 4.74 Å². The second-order valence-electron chi connectivity index (χ2n) is 5.96. The van der Waals surface area contributed by atoms with Gasteiger partial charge in [0, 0.05) is 16.4 Å². The van der Waals surface area contributed by atoms with Crippen LogP contribution in [0.4, 0.5) is 0 Å². The molecule has 0 spiro atoms. The summed E-state index contributed by atoms with van der Waals surface area (Å²) in [5, 5.41) is 0. The van der Waals surface area contributed by atoms with Crippen LogP contribution in [0.2, 0.25) is 0 Å². The summed E-state index contributed by atoms with van der Waals surface area (Å²) in [6.07, 6.45) is 0. The third-order valence-electron chi connectivity index (χ3n) is 5.56. The largest absolute Gasteiger partial charge is 0.458 e. The minimum atomic E-state index is -0.301. The summed E-state index contributed by atoms with van der Waals surface area (Å²) in [5.41, 5.74) is 6.26. The molecule has 0 N–H and O–H groups in total. The van der Waals surface area contributed by atoms with E-state index >= 15 is 0 Å². The number of hydrogen-bond acceptors (Lipinski definition) is 2. The van der Waals surface area contributed by atoms with Gasteiger partial charge in [-0.05, 0) is 33.3 Å². The molecule has 0 aromatic rings. The fraction of sp³-hybridized carbons (Fsp3) is 0.562. The Kier molecular flexibility index (Phi) is 2.62. The lowest BCUT2D eigenvalue weighted by molar-refractivity contribution is -0.138. The molecule has 0 amide bonds. The Morgan fingerprint density at radius 1 is 1.11 bits per heavy atom. The molecule has 98 valence electrons. The number of rotatable bonds is 3. The number of esters is 1. The Bertz CT molecular complexity index is 521. The summed E-state index contributed by atoms with van der Waals surface area (Å²) >= 11 is 0. The van der Waals surface area contributed by atoms with E-state index in [1.54, 1.807) is 6.92 Å². The predicted molar refractivity (Wildman–Crippen MR) is 73.1 cm³/mol. The van der Waals surface area contributed by atoms with Gasteiger partial charge >= 0.3 is 5.97 Å². The molecule has 18 heavy (non-hydrogen) atoms. The zero-order valence-electron chi connectivity index (χ0n) is 12.2. The van der Waals surface area contributed by atoms with Crippen LogP contribution in [-0.4, -0.2) is 12.6 Å². The van der Waals surface area contributed by atoms with Gasteiger partial charge in [-0.3, -0.25) is 0 Å². The lowest BCUT2D eigenvalue weighted by Gasteiger charge is -2.67. The van der Waals surface area contributed by atoms with Crippen molar-refractivity contribution >= 4 is 5.97 Å². The second-order valence-corrected chi connectivity index (χ2v) is 5.96. The Balaban J connectivity index is 2.19. The maximum atomic E-state index is 11.5. The average Bonchev–Trinajstić information content (AvgIpc) is 2.34. The van der Waals surface area contributed by atoms with Crippen LogP contribution in [0.15, 0.2) is 34.4 Å². The van der Waals surface area contributed by atoms with Gasteiger partial charge in [0.2, 0.25) is 0 Å². The molecule has 0 saturated heterocycles. The third kappa shape index (κ3) is 1.16. The van der Waals surface area contributed by atoms with Gasteiger partial charge < -0.3 is 4.74 Å². The standard InChI is InChI=1S/C16H22O2/c1-9(2)14(17)18-8-13-12(5)15(6)10(3)11(4)16(13,15)7/h1,8H2,2-7H3. The van der Waals surface area contributed by atoms with E-state index in [0.29, 0.717) is 12.2 Å². The summed E-state index contributed by atoms with van der Waals surface area (Å²) in [6, 6.07) is 0. The number of hydrogen-bond donors (Lipinski definition) is 0. The Morgan fingerprint density at radius 3 is 2.11 bits per heavy atom. The van der Waals surface area contributed by atoms with Crippen LogP contribution in [0.1, 0.15) is 41.5 Å². The van der Waals surface area contributed by atoms with Crippen molar-refractivity contribution in [2.75, 3.05) is 6.61 Å².